The minimum atomic E-state index is 0. The van der Waals surface area contributed by atoms with Gasteiger partial charge in [-0.2, -0.15) is 5.10 Å². The summed E-state index contributed by atoms with van der Waals surface area (Å²) in [6.07, 6.45) is 6.54. The molecule has 0 unspecified atom stereocenters. The van der Waals surface area contributed by atoms with E-state index in [4.69, 9.17) is 9.47 Å². The van der Waals surface area contributed by atoms with Gasteiger partial charge in [0.05, 0.1) is 19.8 Å². The second-order valence-corrected chi connectivity index (χ2v) is 6.59. The van der Waals surface area contributed by atoms with Gasteiger partial charge in [-0.05, 0) is 43.4 Å². The van der Waals surface area contributed by atoms with Crippen LogP contribution in [0.4, 0.5) is 0 Å². The summed E-state index contributed by atoms with van der Waals surface area (Å²) in [5.74, 6) is 3.13. The van der Waals surface area contributed by atoms with Crippen molar-refractivity contribution >= 4 is 29.9 Å². The molecule has 0 aliphatic heterocycles. The fraction of sp³-hybridized carbons (Fsp3) is 0.526. The zero-order chi connectivity index (χ0) is 19.1. The van der Waals surface area contributed by atoms with E-state index in [-0.39, 0.29) is 24.0 Å². The molecule has 0 atom stereocenters. The highest BCUT2D eigenvalue weighted by atomic mass is 127. The summed E-state index contributed by atoms with van der Waals surface area (Å²) in [6, 6.07) is 6.03. The van der Waals surface area contributed by atoms with Crippen LogP contribution in [0.1, 0.15) is 37.1 Å². The quantitative estimate of drug-likeness (QED) is 0.346. The Hall–Kier alpha value is -2.04. The molecule has 1 saturated carbocycles. The first kappa shape index (κ1) is 22.3. The highest BCUT2D eigenvalue weighted by Gasteiger charge is 2.18. The molecule has 0 bridgehead atoms. The number of nitrogens with one attached hydrogen (secondary N) is 2. The van der Waals surface area contributed by atoms with Crippen molar-refractivity contribution in [3.63, 3.8) is 0 Å². The van der Waals surface area contributed by atoms with E-state index in [9.17, 15) is 0 Å². The Balaban J connectivity index is 0.00000280. The molecule has 3 rings (SSSR count). The predicted molar refractivity (Wildman–Crippen MR) is 119 cm³/mol. The van der Waals surface area contributed by atoms with Gasteiger partial charge < -0.3 is 20.1 Å². The standard InChI is InChI=1S/C19H28N6O2.HI/c1-20-19(22-12-18-23-13-24-25(18)2)21-11-14-8-9-16(26-3)17(10-14)27-15-6-4-5-7-15;/h8-10,13,15H,4-7,11-12H2,1-3H3,(H2,20,21,22);1H. The third-order valence-corrected chi connectivity index (χ3v) is 4.73. The topological polar surface area (TPSA) is 85.6 Å². The fourth-order valence-electron chi connectivity index (χ4n) is 3.16. The second kappa shape index (κ2) is 11.1. The number of guanidine groups is 1. The molecular formula is C19H29IN6O2. The highest BCUT2D eigenvalue weighted by molar-refractivity contribution is 14.0. The molecule has 28 heavy (non-hydrogen) atoms. The van der Waals surface area contributed by atoms with Crippen molar-refractivity contribution in [1.82, 2.24) is 25.4 Å². The lowest BCUT2D eigenvalue weighted by Gasteiger charge is -2.17. The number of aliphatic imine (C=N–C) groups is 1. The minimum absolute atomic E-state index is 0. The molecule has 0 amide bonds. The van der Waals surface area contributed by atoms with E-state index in [2.05, 4.69) is 25.7 Å². The second-order valence-electron chi connectivity index (χ2n) is 6.59. The molecule has 1 aromatic heterocycles. The molecule has 0 radical (unpaired) electrons. The van der Waals surface area contributed by atoms with Crippen LogP contribution in [0.25, 0.3) is 0 Å². The van der Waals surface area contributed by atoms with E-state index in [0.717, 1.165) is 35.7 Å². The van der Waals surface area contributed by atoms with E-state index in [1.165, 1.54) is 19.2 Å². The predicted octanol–water partition coefficient (Wildman–Crippen LogP) is 2.63. The van der Waals surface area contributed by atoms with Crippen LogP contribution in [-0.2, 0) is 20.1 Å². The number of hydrogen-bond acceptors (Lipinski definition) is 5. The summed E-state index contributed by atoms with van der Waals surface area (Å²) in [5.41, 5.74) is 1.10. The molecule has 1 fully saturated rings. The molecule has 154 valence electrons. The average Bonchev–Trinajstić information content (AvgIpc) is 3.34. The number of methoxy groups -OCH3 is 1. The number of hydrogen-bond donors (Lipinski definition) is 2. The normalized spacial score (nSPS) is 14.5. The summed E-state index contributed by atoms with van der Waals surface area (Å²) in [6.45, 7) is 1.18. The lowest BCUT2D eigenvalue weighted by atomic mass is 10.2. The molecule has 0 saturated heterocycles. The number of halogens is 1. The van der Waals surface area contributed by atoms with Gasteiger partial charge in [-0.25, -0.2) is 4.98 Å². The first-order valence-electron chi connectivity index (χ1n) is 9.30. The van der Waals surface area contributed by atoms with Gasteiger partial charge in [-0.3, -0.25) is 9.67 Å². The largest absolute Gasteiger partial charge is 0.493 e. The Morgan fingerprint density at radius 2 is 1.96 bits per heavy atom. The van der Waals surface area contributed by atoms with Crippen LogP contribution in [0.2, 0.25) is 0 Å². The lowest BCUT2D eigenvalue weighted by molar-refractivity contribution is 0.200. The molecule has 0 spiro atoms. The Kier molecular flexibility index (Phi) is 8.81. The molecule has 2 aromatic rings. The van der Waals surface area contributed by atoms with Gasteiger partial charge in [0.25, 0.3) is 0 Å². The third kappa shape index (κ3) is 5.98. The molecule has 1 aromatic carbocycles. The van der Waals surface area contributed by atoms with Crippen molar-refractivity contribution in [3.05, 3.63) is 35.9 Å². The summed E-state index contributed by atoms with van der Waals surface area (Å²) in [7, 11) is 5.28. The van der Waals surface area contributed by atoms with Crippen molar-refractivity contribution in [2.75, 3.05) is 14.2 Å². The smallest absolute Gasteiger partial charge is 0.191 e. The van der Waals surface area contributed by atoms with E-state index < -0.39 is 0 Å². The van der Waals surface area contributed by atoms with Gasteiger partial charge in [-0.1, -0.05) is 6.07 Å². The first-order chi connectivity index (χ1) is 13.2. The summed E-state index contributed by atoms with van der Waals surface area (Å²) in [5, 5.41) is 10.6. The molecule has 1 aliphatic carbocycles. The van der Waals surface area contributed by atoms with Gasteiger partial charge >= 0.3 is 0 Å². The molecule has 1 aliphatic rings. The number of ether oxygens (including phenoxy) is 2. The Morgan fingerprint density at radius 1 is 1.21 bits per heavy atom. The van der Waals surface area contributed by atoms with Crippen LogP contribution in [0.3, 0.4) is 0 Å². The van der Waals surface area contributed by atoms with Crippen LogP contribution in [0.5, 0.6) is 11.5 Å². The average molecular weight is 500 g/mol. The van der Waals surface area contributed by atoms with Crippen molar-refractivity contribution in [2.24, 2.45) is 12.0 Å². The number of rotatable bonds is 7. The Morgan fingerprint density at radius 3 is 2.61 bits per heavy atom. The monoisotopic (exact) mass is 500 g/mol. The summed E-state index contributed by atoms with van der Waals surface area (Å²) >= 11 is 0. The van der Waals surface area contributed by atoms with Gasteiger partial charge in [-0.15, -0.1) is 24.0 Å². The molecule has 8 nitrogen and oxygen atoms in total. The Bertz CT molecular complexity index is 774. The van der Waals surface area contributed by atoms with E-state index in [0.29, 0.717) is 25.2 Å². The highest BCUT2D eigenvalue weighted by Crippen LogP contribution is 2.32. The maximum atomic E-state index is 6.16. The van der Waals surface area contributed by atoms with Gasteiger partial charge in [0, 0.05) is 20.6 Å². The zero-order valence-corrected chi connectivity index (χ0v) is 19.0. The number of nitrogens with zero attached hydrogens (tertiary/aromatic N) is 4. The third-order valence-electron chi connectivity index (χ3n) is 4.73. The molecule has 9 heteroatoms. The molecule has 2 N–H and O–H groups in total. The maximum absolute atomic E-state index is 6.16. The molecule has 1 heterocycles. The van der Waals surface area contributed by atoms with Gasteiger partial charge in [0.15, 0.2) is 17.5 Å². The molecular weight excluding hydrogens is 471 g/mol. The van der Waals surface area contributed by atoms with E-state index >= 15 is 0 Å². The summed E-state index contributed by atoms with van der Waals surface area (Å²) < 4.78 is 13.3. The SMILES string of the molecule is CN=C(NCc1ccc(OC)c(OC2CCCC2)c1)NCc1ncnn1C.I. The minimum Gasteiger partial charge on any atom is -0.493 e. The maximum Gasteiger partial charge on any atom is 0.191 e. The van der Waals surface area contributed by atoms with Crippen LogP contribution in [0.15, 0.2) is 29.5 Å². The van der Waals surface area contributed by atoms with Crippen molar-refractivity contribution in [1.29, 1.82) is 0 Å². The van der Waals surface area contributed by atoms with Crippen LogP contribution < -0.4 is 20.1 Å². The zero-order valence-electron chi connectivity index (χ0n) is 16.6. The van der Waals surface area contributed by atoms with Crippen molar-refractivity contribution in [3.8, 4) is 11.5 Å². The Labute approximate surface area is 183 Å². The number of aromatic nitrogens is 3. The van der Waals surface area contributed by atoms with Crippen molar-refractivity contribution < 1.29 is 9.47 Å². The van der Waals surface area contributed by atoms with Crippen LogP contribution in [0, 0.1) is 0 Å². The van der Waals surface area contributed by atoms with E-state index in [1.54, 1.807) is 18.8 Å². The van der Waals surface area contributed by atoms with E-state index in [1.807, 2.05) is 25.2 Å². The summed E-state index contributed by atoms with van der Waals surface area (Å²) in [4.78, 5) is 8.45. The van der Waals surface area contributed by atoms with Gasteiger partial charge in [0.2, 0.25) is 0 Å². The van der Waals surface area contributed by atoms with Crippen molar-refractivity contribution in [2.45, 2.75) is 44.9 Å². The van der Waals surface area contributed by atoms with Crippen LogP contribution in [-0.4, -0.2) is 41.0 Å². The first-order valence-corrected chi connectivity index (χ1v) is 9.30. The van der Waals surface area contributed by atoms with Gasteiger partial charge in [0.1, 0.15) is 12.2 Å². The van der Waals surface area contributed by atoms with Crippen LogP contribution >= 0.6 is 24.0 Å². The number of aryl methyl sites for hydroxylation is 1. The fourth-order valence-corrected chi connectivity index (χ4v) is 3.16. The number of benzene rings is 1. The lowest BCUT2D eigenvalue weighted by Crippen LogP contribution is -2.36.